The summed E-state index contributed by atoms with van der Waals surface area (Å²) >= 11 is 0. The minimum atomic E-state index is -0.0417. The molecule has 4 heteroatoms. The van der Waals surface area contributed by atoms with E-state index in [1.807, 2.05) is 62.1 Å². The second kappa shape index (κ2) is 6.39. The van der Waals surface area contributed by atoms with Gasteiger partial charge in [-0.25, -0.2) is 0 Å². The molecular weight excluding hydrogens is 262 g/mol. The zero-order valence-electron chi connectivity index (χ0n) is 12.7. The number of nitrogens with two attached hydrogens (primary N) is 1. The lowest BCUT2D eigenvalue weighted by molar-refractivity contribution is 0.0683. The standard InChI is InChI=1S/C17H21N3O/c1-12(2)20(11-14-6-8-15(18)9-7-14)17(21)16-13(3)5-4-10-19-16/h4-10,12H,11,18H2,1-3H3. The Morgan fingerprint density at radius 2 is 1.90 bits per heavy atom. The Bertz CT molecular complexity index is 620. The minimum absolute atomic E-state index is 0.0417. The summed E-state index contributed by atoms with van der Waals surface area (Å²) in [6.45, 7) is 6.47. The molecule has 0 aliphatic rings. The normalized spacial score (nSPS) is 10.7. The van der Waals surface area contributed by atoms with Crippen LogP contribution in [0.5, 0.6) is 0 Å². The molecule has 0 saturated carbocycles. The monoisotopic (exact) mass is 283 g/mol. The van der Waals surface area contributed by atoms with E-state index >= 15 is 0 Å². The van der Waals surface area contributed by atoms with Gasteiger partial charge in [0.25, 0.3) is 5.91 Å². The van der Waals surface area contributed by atoms with Crippen molar-refractivity contribution >= 4 is 11.6 Å². The second-order valence-corrected chi connectivity index (χ2v) is 5.44. The average Bonchev–Trinajstić information content (AvgIpc) is 2.46. The van der Waals surface area contributed by atoms with Crippen molar-refractivity contribution in [2.45, 2.75) is 33.4 Å². The van der Waals surface area contributed by atoms with Gasteiger partial charge in [0, 0.05) is 24.5 Å². The van der Waals surface area contributed by atoms with E-state index in [1.165, 1.54) is 0 Å². The van der Waals surface area contributed by atoms with Crippen LogP contribution in [0.3, 0.4) is 0 Å². The van der Waals surface area contributed by atoms with Gasteiger partial charge in [-0.1, -0.05) is 18.2 Å². The fourth-order valence-electron chi connectivity index (χ4n) is 2.15. The lowest BCUT2D eigenvalue weighted by atomic mass is 10.1. The third kappa shape index (κ3) is 3.60. The summed E-state index contributed by atoms with van der Waals surface area (Å²) in [5, 5.41) is 0. The van der Waals surface area contributed by atoms with Gasteiger partial charge in [0.2, 0.25) is 0 Å². The molecule has 0 spiro atoms. The topological polar surface area (TPSA) is 59.2 Å². The van der Waals surface area contributed by atoms with Crippen molar-refractivity contribution in [1.82, 2.24) is 9.88 Å². The summed E-state index contributed by atoms with van der Waals surface area (Å²) in [4.78, 5) is 18.8. The van der Waals surface area contributed by atoms with Gasteiger partial charge in [0.15, 0.2) is 0 Å². The molecule has 110 valence electrons. The molecule has 2 N–H and O–H groups in total. The first-order valence-electron chi connectivity index (χ1n) is 7.06. The summed E-state index contributed by atoms with van der Waals surface area (Å²) in [5.41, 5.74) is 8.89. The summed E-state index contributed by atoms with van der Waals surface area (Å²) in [6.07, 6.45) is 1.65. The van der Waals surface area contributed by atoms with Gasteiger partial charge in [-0.15, -0.1) is 0 Å². The molecule has 0 atom stereocenters. The Labute approximate surface area is 125 Å². The Kier molecular flexibility index (Phi) is 4.58. The maximum absolute atomic E-state index is 12.7. The number of anilines is 1. The van der Waals surface area contributed by atoms with Gasteiger partial charge in [-0.2, -0.15) is 0 Å². The highest BCUT2D eigenvalue weighted by molar-refractivity contribution is 5.93. The summed E-state index contributed by atoms with van der Waals surface area (Å²) in [5.74, 6) is -0.0417. The van der Waals surface area contributed by atoms with Crippen LogP contribution in [-0.4, -0.2) is 21.8 Å². The number of nitrogens with zero attached hydrogens (tertiary/aromatic N) is 2. The van der Waals surface area contributed by atoms with Crippen molar-refractivity contribution in [1.29, 1.82) is 0 Å². The zero-order chi connectivity index (χ0) is 15.4. The van der Waals surface area contributed by atoms with Gasteiger partial charge in [0.1, 0.15) is 5.69 Å². The van der Waals surface area contributed by atoms with E-state index in [1.54, 1.807) is 6.20 Å². The molecule has 2 rings (SSSR count). The molecule has 0 unspecified atom stereocenters. The molecule has 0 fully saturated rings. The summed E-state index contributed by atoms with van der Waals surface area (Å²) < 4.78 is 0. The second-order valence-electron chi connectivity index (χ2n) is 5.44. The first kappa shape index (κ1) is 15.0. The van der Waals surface area contributed by atoms with Crippen LogP contribution in [-0.2, 0) is 6.54 Å². The smallest absolute Gasteiger partial charge is 0.273 e. The van der Waals surface area contributed by atoms with Crippen molar-refractivity contribution in [3.05, 3.63) is 59.4 Å². The van der Waals surface area contributed by atoms with Crippen molar-refractivity contribution in [3.63, 3.8) is 0 Å². The number of carbonyl (C=O) groups is 1. The fraction of sp³-hybridized carbons (Fsp3) is 0.294. The number of hydrogen-bond acceptors (Lipinski definition) is 3. The summed E-state index contributed by atoms with van der Waals surface area (Å²) in [7, 11) is 0. The highest BCUT2D eigenvalue weighted by Crippen LogP contribution is 2.15. The number of aryl methyl sites for hydroxylation is 1. The molecule has 0 aliphatic heterocycles. The number of carbonyl (C=O) groups excluding carboxylic acids is 1. The summed E-state index contributed by atoms with van der Waals surface area (Å²) in [6, 6.07) is 11.4. The Morgan fingerprint density at radius 3 is 2.48 bits per heavy atom. The van der Waals surface area contributed by atoms with Gasteiger partial charge >= 0.3 is 0 Å². The Hall–Kier alpha value is -2.36. The number of nitrogen functional groups attached to an aromatic ring is 1. The molecule has 1 aromatic carbocycles. The van der Waals surface area contributed by atoms with Gasteiger partial charge in [-0.3, -0.25) is 9.78 Å². The van der Waals surface area contributed by atoms with Crippen LogP contribution in [0.4, 0.5) is 5.69 Å². The minimum Gasteiger partial charge on any atom is -0.399 e. The molecule has 2 aromatic rings. The maximum Gasteiger partial charge on any atom is 0.273 e. The Balaban J connectivity index is 2.25. The van der Waals surface area contributed by atoms with Crippen molar-refractivity contribution in [3.8, 4) is 0 Å². The number of rotatable bonds is 4. The highest BCUT2D eigenvalue weighted by Gasteiger charge is 2.21. The van der Waals surface area contributed by atoms with Crippen LogP contribution in [0, 0.1) is 6.92 Å². The van der Waals surface area contributed by atoms with E-state index in [2.05, 4.69) is 4.98 Å². The van der Waals surface area contributed by atoms with Crippen LogP contribution >= 0.6 is 0 Å². The number of hydrogen-bond donors (Lipinski definition) is 1. The third-order valence-electron chi connectivity index (χ3n) is 3.43. The average molecular weight is 283 g/mol. The van der Waals surface area contributed by atoms with Crippen molar-refractivity contribution < 1.29 is 4.79 Å². The van der Waals surface area contributed by atoms with Crippen LogP contribution in [0.25, 0.3) is 0 Å². The fourth-order valence-corrected chi connectivity index (χ4v) is 2.15. The quantitative estimate of drug-likeness (QED) is 0.877. The highest BCUT2D eigenvalue weighted by atomic mass is 16.2. The molecule has 1 amide bonds. The predicted molar refractivity (Wildman–Crippen MR) is 84.8 cm³/mol. The van der Waals surface area contributed by atoms with E-state index in [4.69, 9.17) is 5.73 Å². The third-order valence-corrected chi connectivity index (χ3v) is 3.43. The van der Waals surface area contributed by atoms with Crippen LogP contribution in [0.15, 0.2) is 42.6 Å². The number of aromatic nitrogens is 1. The van der Waals surface area contributed by atoms with Gasteiger partial charge < -0.3 is 10.6 Å². The molecular formula is C17H21N3O. The van der Waals surface area contributed by atoms with Crippen LogP contribution < -0.4 is 5.73 Å². The molecule has 0 radical (unpaired) electrons. The van der Waals surface area contributed by atoms with Gasteiger partial charge in [0.05, 0.1) is 0 Å². The van der Waals surface area contributed by atoms with E-state index in [0.29, 0.717) is 12.2 Å². The predicted octanol–water partition coefficient (Wildman–Crippen LogP) is 3.02. The van der Waals surface area contributed by atoms with E-state index in [9.17, 15) is 4.79 Å². The molecule has 1 aromatic heterocycles. The SMILES string of the molecule is Cc1cccnc1C(=O)N(Cc1ccc(N)cc1)C(C)C. The van der Waals surface area contributed by atoms with E-state index in [-0.39, 0.29) is 11.9 Å². The van der Waals surface area contributed by atoms with E-state index in [0.717, 1.165) is 16.8 Å². The molecule has 4 nitrogen and oxygen atoms in total. The molecule has 0 aliphatic carbocycles. The largest absolute Gasteiger partial charge is 0.399 e. The molecule has 21 heavy (non-hydrogen) atoms. The zero-order valence-corrected chi connectivity index (χ0v) is 12.7. The lowest BCUT2D eigenvalue weighted by Crippen LogP contribution is -2.37. The number of pyridine rings is 1. The van der Waals surface area contributed by atoms with Crippen LogP contribution in [0.2, 0.25) is 0 Å². The first-order chi connectivity index (χ1) is 9.99. The maximum atomic E-state index is 12.7. The number of amides is 1. The van der Waals surface area contributed by atoms with Crippen molar-refractivity contribution in [2.75, 3.05) is 5.73 Å². The first-order valence-corrected chi connectivity index (χ1v) is 7.06. The van der Waals surface area contributed by atoms with E-state index < -0.39 is 0 Å². The molecule has 0 saturated heterocycles. The van der Waals surface area contributed by atoms with Crippen molar-refractivity contribution in [2.24, 2.45) is 0 Å². The lowest BCUT2D eigenvalue weighted by Gasteiger charge is -2.27. The Morgan fingerprint density at radius 1 is 1.24 bits per heavy atom. The molecule has 1 heterocycles. The number of benzene rings is 1. The van der Waals surface area contributed by atoms with Crippen LogP contribution in [0.1, 0.15) is 35.5 Å². The van der Waals surface area contributed by atoms with Gasteiger partial charge in [-0.05, 0) is 50.1 Å². The molecule has 0 bridgehead atoms.